The van der Waals surface area contributed by atoms with Crippen molar-refractivity contribution >= 4 is 20.7 Å². The van der Waals surface area contributed by atoms with Gasteiger partial charge in [0.2, 0.25) is 15.3 Å². The summed E-state index contributed by atoms with van der Waals surface area (Å²) < 4.78 is 61.6. The molecule has 5 nitrogen and oxygen atoms in total. The van der Waals surface area contributed by atoms with Crippen molar-refractivity contribution in [2.24, 2.45) is 0 Å². The van der Waals surface area contributed by atoms with Crippen LogP contribution in [0.15, 0.2) is 87.5 Å². The molecule has 0 spiro atoms. The molecule has 0 atom stereocenters. The maximum Gasteiger partial charge on any atom is 0.211 e. The normalized spacial score (nSPS) is 11.6. The van der Waals surface area contributed by atoms with Gasteiger partial charge in [-0.2, -0.15) is 0 Å². The van der Waals surface area contributed by atoms with Crippen molar-refractivity contribution in [2.45, 2.75) is 23.3 Å². The van der Waals surface area contributed by atoms with Crippen LogP contribution in [-0.4, -0.2) is 19.6 Å². The first-order chi connectivity index (χ1) is 15.3. The molecular formula is C24H19F2NO4S. The van der Waals surface area contributed by atoms with Gasteiger partial charge in [-0.05, 0) is 55.5 Å². The molecule has 0 aliphatic heterocycles. The van der Waals surface area contributed by atoms with Gasteiger partial charge in [-0.15, -0.1) is 0 Å². The summed E-state index contributed by atoms with van der Waals surface area (Å²) in [5, 5.41) is -0.103. The van der Waals surface area contributed by atoms with E-state index in [0.29, 0.717) is 23.4 Å². The number of rotatable bonds is 6. The summed E-state index contributed by atoms with van der Waals surface area (Å²) >= 11 is 0. The molecule has 4 rings (SSSR count). The number of sulfone groups is 1. The molecule has 0 saturated carbocycles. The number of pyridine rings is 1. The van der Waals surface area contributed by atoms with Crippen molar-refractivity contribution in [2.75, 3.05) is 6.61 Å². The van der Waals surface area contributed by atoms with Gasteiger partial charge < -0.3 is 9.30 Å². The van der Waals surface area contributed by atoms with Gasteiger partial charge in [0.05, 0.1) is 23.6 Å². The number of hydrogen-bond acceptors (Lipinski definition) is 4. The van der Waals surface area contributed by atoms with Crippen molar-refractivity contribution in [3.05, 3.63) is 100 Å². The van der Waals surface area contributed by atoms with Gasteiger partial charge in [-0.3, -0.25) is 4.79 Å². The van der Waals surface area contributed by atoms with Crippen LogP contribution in [-0.2, 0) is 16.4 Å². The Bertz CT molecular complexity index is 1460. The molecule has 164 valence electrons. The molecule has 4 aromatic rings. The van der Waals surface area contributed by atoms with E-state index in [9.17, 15) is 22.0 Å². The second kappa shape index (κ2) is 8.55. The zero-order valence-corrected chi connectivity index (χ0v) is 17.9. The highest BCUT2D eigenvalue weighted by atomic mass is 32.2. The first-order valence-electron chi connectivity index (χ1n) is 9.85. The molecule has 3 aromatic carbocycles. The smallest absolute Gasteiger partial charge is 0.211 e. The Morgan fingerprint density at radius 1 is 0.969 bits per heavy atom. The predicted octanol–water partition coefficient (Wildman–Crippen LogP) is 4.56. The van der Waals surface area contributed by atoms with E-state index in [1.54, 1.807) is 25.1 Å². The van der Waals surface area contributed by atoms with Gasteiger partial charge in [0.15, 0.2) is 0 Å². The van der Waals surface area contributed by atoms with Crippen LogP contribution in [0.1, 0.15) is 12.5 Å². The summed E-state index contributed by atoms with van der Waals surface area (Å²) in [6, 6.07) is 15.3. The van der Waals surface area contributed by atoms with E-state index in [1.807, 2.05) is 0 Å². The van der Waals surface area contributed by atoms with Crippen LogP contribution in [0.5, 0.6) is 5.75 Å². The first kappa shape index (κ1) is 21.7. The zero-order chi connectivity index (χ0) is 22.9. The Hall–Kier alpha value is -3.52. The largest absolute Gasteiger partial charge is 0.494 e. The third-order valence-electron chi connectivity index (χ3n) is 5.04. The molecule has 0 N–H and O–H groups in total. The van der Waals surface area contributed by atoms with Crippen LogP contribution in [0, 0.1) is 11.6 Å². The molecule has 0 bridgehead atoms. The van der Waals surface area contributed by atoms with E-state index in [4.69, 9.17) is 4.74 Å². The third-order valence-corrected chi connectivity index (χ3v) is 6.81. The van der Waals surface area contributed by atoms with Crippen molar-refractivity contribution < 1.29 is 21.9 Å². The number of fused-ring (bicyclic) bond motifs is 1. The predicted molar refractivity (Wildman–Crippen MR) is 117 cm³/mol. The van der Waals surface area contributed by atoms with Crippen molar-refractivity contribution in [3.8, 4) is 5.75 Å². The lowest BCUT2D eigenvalue weighted by molar-refractivity contribution is 0.340. The number of hydrogen-bond donors (Lipinski definition) is 0. The molecule has 1 heterocycles. The Morgan fingerprint density at radius 2 is 1.69 bits per heavy atom. The summed E-state index contributed by atoms with van der Waals surface area (Å²) in [5.74, 6) is -0.663. The Kier molecular flexibility index (Phi) is 5.80. The lowest BCUT2D eigenvalue weighted by atomic mass is 10.1. The van der Waals surface area contributed by atoms with E-state index in [0.717, 1.165) is 6.07 Å². The minimum absolute atomic E-state index is 0.0408. The molecule has 32 heavy (non-hydrogen) atoms. The van der Waals surface area contributed by atoms with Gasteiger partial charge in [-0.25, -0.2) is 17.2 Å². The SMILES string of the molecule is CCOc1ccc(S(=O)(=O)c2cn(Cc3ccccc3F)c3ccc(F)cc3c2=O)cc1. The molecule has 8 heteroatoms. The molecule has 0 aliphatic rings. The fourth-order valence-corrected chi connectivity index (χ4v) is 4.85. The number of halogens is 2. The van der Waals surface area contributed by atoms with E-state index in [2.05, 4.69) is 0 Å². The zero-order valence-electron chi connectivity index (χ0n) is 17.1. The van der Waals surface area contributed by atoms with E-state index < -0.39 is 31.8 Å². The molecule has 0 aliphatic carbocycles. The van der Waals surface area contributed by atoms with Crippen molar-refractivity contribution in [3.63, 3.8) is 0 Å². The Morgan fingerprint density at radius 3 is 2.38 bits per heavy atom. The highest BCUT2D eigenvalue weighted by Crippen LogP contribution is 2.24. The molecule has 0 unspecified atom stereocenters. The van der Waals surface area contributed by atoms with Crippen LogP contribution < -0.4 is 10.2 Å². The molecular weight excluding hydrogens is 436 g/mol. The fraction of sp³-hybridized carbons (Fsp3) is 0.125. The number of benzene rings is 3. The molecule has 0 amide bonds. The van der Waals surface area contributed by atoms with Crippen molar-refractivity contribution in [1.29, 1.82) is 0 Å². The number of aromatic nitrogens is 1. The van der Waals surface area contributed by atoms with Crippen LogP contribution in [0.3, 0.4) is 0 Å². The molecule has 0 saturated heterocycles. The van der Waals surface area contributed by atoms with Gasteiger partial charge >= 0.3 is 0 Å². The molecule has 0 radical (unpaired) electrons. The maximum absolute atomic E-state index is 14.3. The first-order valence-corrected chi connectivity index (χ1v) is 11.3. The standard InChI is InChI=1S/C24H19F2NO4S/c1-2-31-18-8-10-19(11-9-18)32(29,30)23-15-27(14-16-5-3-4-6-21(16)26)22-12-7-17(25)13-20(22)24(23)28/h3-13,15H,2,14H2,1H3. The summed E-state index contributed by atoms with van der Waals surface area (Å²) in [6.45, 7) is 2.18. The lowest BCUT2D eigenvalue weighted by Gasteiger charge is -2.15. The average Bonchev–Trinajstić information content (AvgIpc) is 2.77. The summed E-state index contributed by atoms with van der Waals surface area (Å²) in [4.78, 5) is 12.5. The molecule has 0 fully saturated rings. The van der Waals surface area contributed by atoms with Gasteiger partial charge in [0, 0.05) is 17.1 Å². The Labute approximate surface area is 183 Å². The van der Waals surface area contributed by atoms with Crippen LogP contribution in [0.25, 0.3) is 10.9 Å². The second-order valence-electron chi connectivity index (χ2n) is 7.11. The summed E-state index contributed by atoms with van der Waals surface area (Å²) in [5.41, 5.74) is -0.227. The van der Waals surface area contributed by atoms with Gasteiger partial charge in [-0.1, -0.05) is 18.2 Å². The Balaban J connectivity index is 1.92. The van der Waals surface area contributed by atoms with Crippen LogP contribution in [0.2, 0.25) is 0 Å². The quantitative estimate of drug-likeness (QED) is 0.428. The van der Waals surface area contributed by atoms with Crippen molar-refractivity contribution in [1.82, 2.24) is 4.57 Å². The van der Waals surface area contributed by atoms with E-state index in [1.165, 1.54) is 53.2 Å². The fourth-order valence-electron chi connectivity index (χ4n) is 3.48. The van der Waals surface area contributed by atoms with E-state index >= 15 is 0 Å². The lowest BCUT2D eigenvalue weighted by Crippen LogP contribution is -2.20. The summed E-state index contributed by atoms with van der Waals surface area (Å²) in [7, 11) is -4.24. The third kappa shape index (κ3) is 4.01. The number of nitrogens with zero attached hydrogens (tertiary/aromatic N) is 1. The maximum atomic E-state index is 14.3. The highest BCUT2D eigenvalue weighted by molar-refractivity contribution is 7.91. The second-order valence-corrected chi connectivity index (χ2v) is 9.03. The van der Waals surface area contributed by atoms with E-state index in [-0.39, 0.29) is 16.8 Å². The average molecular weight is 455 g/mol. The van der Waals surface area contributed by atoms with Crippen LogP contribution >= 0.6 is 0 Å². The minimum atomic E-state index is -4.24. The minimum Gasteiger partial charge on any atom is -0.494 e. The highest BCUT2D eigenvalue weighted by Gasteiger charge is 2.24. The monoisotopic (exact) mass is 455 g/mol. The summed E-state index contributed by atoms with van der Waals surface area (Å²) in [6.07, 6.45) is 1.18. The van der Waals surface area contributed by atoms with Gasteiger partial charge in [0.25, 0.3) is 0 Å². The van der Waals surface area contributed by atoms with Crippen LogP contribution in [0.4, 0.5) is 8.78 Å². The topological polar surface area (TPSA) is 65.4 Å². The molecule has 1 aromatic heterocycles. The number of ether oxygens (including phenoxy) is 1. The van der Waals surface area contributed by atoms with Gasteiger partial charge in [0.1, 0.15) is 22.3 Å².